The van der Waals surface area contributed by atoms with Crippen molar-refractivity contribution in [2.24, 2.45) is 0 Å². The Morgan fingerprint density at radius 3 is 3.04 bits per heavy atom. The van der Waals surface area contributed by atoms with Crippen LogP contribution in [0.1, 0.15) is 42.5 Å². The quantitative estimate of drug-likeness (QED) is 0.746. The van der Waals surface area contributed by atoms with Gasteiger partial charge in [0, 0.05) is 41.1 Å². The van der Waals surface area contributed by atoms with E-state index in [1.54, 1.807) is 0 Å². The number of thiol groups is 1. The number of aromatic amines is 1. The molecule has 0 bridgehead atoms. The Hall–Kier alpha value is -1.46. The fraction of sp³-hybridized carbons (Fsp3) is 0.526. The number of carbonyl (C=O) groups excluding carboxylic acids is 1. The minimum atomic E-state index is -0.220. The van der Waals surface area contributed by atoms with Gasteiger partial charge in [0.05, 0.1) is 0 Å². The highest BCUT2D eigenvalue weighted by Crippen LogP contribution is 2.44. The van der Waals surface area contributed by atoms with Gasteiger partial charge < -0.3 is 10.3 Å². The molecule has 0 spiro atoms. The lowest BCUT2D eigenvalue weighted by Gasteiger charge is -2.47. The molecular weight excluding hydrogens is 318 g/mol. The number of aromatic nitrogens is 1. The first-order chi connectivity index (χ1) is 11.6. The Bertz CT molecular complexity index is 784. The number of likely N-dealkylation sites (tertiary alicyclic amines) is 1. The fourth-order valence-electron chi connectivity index (χ4n) is 4.89. The Morgan fingerprint density at radius 2 is 2.29 bits per heavy atom. The van der Waals surface area contributed by atoms with E-state index in [0.29, 0.717) is 12.0 Å². The Labute approximate surface area is 148 Å². The van der Waals surface area contributed by atoms with Crippen molar-refractivity contribution >= 4 is 28.8 Å². The third-order valence-electron chi connectivity index (χ3n) is 5.75. The molecular formula is C19H25N3OS. The highest BCUT2D eigenvalue weighted by Gasteiger charge is 2.41. The Balaban J connectivity index is 1.77. The average Bonchev–Trinajstić information content (AvgIpc) is 2.85. The predicted molar refractivity (Wildman–Crippen MR) is 101 cm³/mol. The Kier molecular flexibility index (Phi) is 4.09. The molecule has 2 aromatic rings. The first-order valence-corrected chi connectivity index (χ1v) is 9.36. The van der Waals surface area contributed by atoms with E-state index >= 15 is 0 Å². The van der Waals surface area contributed by atoms with E-state index in [2.05, 4.69) is 59.9 Å². The summed E-state index contributed by atoms with van der Waals surface area (Å²) in [5.74, 6) is 0.474. The second-order valence-electron chi connectivity index (χ2n) is 7.25. The molecule has 0 saturated carbocycles. The van der Waals surface area contributed by atoms with Crippen LogP contribution in [-0.2, 0) is 6.42 Å². The van der Waals surface area contributed by atoms with Crippen LogP contribution in [0, 0.1) is 6.92 Å². The van der Waals surface area contributed by atoms with Crippen LogP contribution >= 0.6 is 12.6 Å². The summed E-state index contributed by atoms with van der Waals surface area (Å²) in [5, 5.41) is 4.24. The highest BCUT2D eigenvalue weighted by molar-refractivity contribution is 7.96. The van der Waals surface area contributed by atoms with Crippen molar-refractivity contribution in [2.45, 2.75) is 51.1 Å². The predicted octanol–water partition coefficient (Wildman–Crippen LogP) is 3.61. The maximum Gasteiger partial charge on any atom is 0.276 e. The third-order valence-corrected chi connectivity index (χ3v) is 5.88. The van der Waals surface area contributed by atoms with Gasteiger partial charge in [-0.15, -0.1) is 0 Å². The Morgan fingerprint density at radius 1 is 1.46 bits per heavy atom. The molecule has 1 aliphatic heterocycles. The van der Waals surface area contributed by atoms with Gasteiger partial charge in [-0.3, -0.25) is 9.69 Å². The van der Waals surface area contributed by atoms with Crippen molar-refractivity contribution in [3.05, 3.63) is 35.0 Å². The molecule has 1 fully saturated rings. The molecule has 5 heteroatoms. The number of H-pyrrole nitrogens is 1. The second-order valence-corrected chi connectivity index (χ2v) is 7.66. The topological polar surface area (TPSA) is 48.1 Å². The van der Waals surface area contributed by atoms with Crippen molar-refractivity contribution in [3.8, 4) is 0 Å². The SMILES string of the molecule is CCCN1C[C@@H](NC(=O)S)C[C@@H]2c3cccc4[nH]c(C)c(c34)C[C@H]21. The van der Waals surface area contributed by atoms with Crippen molar-refractivity contribution in [2.75, 3.05) is 13.1 Å². The van der Waals surface area contributed by atoms with Crippen molar-refractivity contribution < 1.29 is 4.79 Å². The number of fused-ring (bicyclic) bond motifs is 2. The van der Waals surface area contributed by atoms with E-state index in [0.717, 1.165) is 32.4 Å². The van der Waals surface area contributed by atoms with Gasteiger partial charge in [-0.25, -0.2) is 0 Å². The van der Waals surface area contributed by atoms with Crippen molar-refractivity contribution in [1.82, 2.24) is 15.2 Å². The first-order valence-electron chi connectivity index (χ1n) is 8.92. The molecule has 2 aliphatic rings. The van der Waals surface area contributed by atoms with E-state index in [9.17, 15) is 4.79 Å². The van der Waals surface area contributed by atoms with Crippen molar-refractivity contribution in [3.63, 3.8) is 0 Å². The molecule has 2 N–H and O–H groups in total. The van der Waals surface area contributed by atoms with Gasteiger partial charge in [0.15, 0.2) is 0 Å². The number of piperidine rings is 1. The first kappa shape index (κ1) is 16.0. The smallest absolute Gasteiger partial charge is 0.276 e. The molecule has 128 valence electrons. The lowest BCUT2D eigenvalue weighted by Crippen LogP contribution is -2.55. The number of rotatable bonds is 3. The van der Waals surface area contributed by atoms with Gasteiger partial charge in [0.25, 0.3) is 5.24 Å². The van der Waals surface area contributed by atoms with Crippen LogP contribution in [0.15, 0.2) is 18.2 Å². The number of amides is 1. The van der Waals surface area contributed by atoms with Gasteiger partial charge in [0.1, 0.15) is 0 Å². The summed E-state index contributed by atoms with van der Waals surface area (Å²) in [6.45, 7) is 6.42. The summed E-state index contributed by atoms with van der Waals surface area (Å²) >= 11 is 3.93. The van der Waals surface area contributed by atoms with Gasteiger partial charge in [0.2, 0.25) is 0 Å². The molecule has 4 rings (SSSR count). The second kappa shape index (κ2) is 6.12. The number of nitrogens with one attached hydrogen (secondary N) is 2. The normalized spacial score (nSPS) is 26.4. The summed E-state index contributed by atoms with van der Waals surface area (Å²) < 4.78 is 0. The maximum absolute atomic E-state index is 11.5. The largest absolute Gasteiger partial charge is 0.358 e. The van der Waals surface area contributed by atoms with E-state index in [1.807, 2.05) is 0 Å². The molecule has 4 nitrogen and oxygen atoms in total. The molecule has 1 saturated heterocycles. The summed E-state index contributed by atoms with van der Waals surface area (Å²) in [5.41, 5.74) is 5.49. The minimum Gasteiger partial charge on any atom is -0.358 e. The number of hydrogen-bond donors (Lipinski definition) is 3. The van der Waals surface area contributed by atoms with Crippen molar-refractivity contribution in [1.29, 1.82) is 0 Å². The number of carbonyl (C=O) groups is 1. The van der Waals surface area contributed by atoms with Crippen LogP contribution in [0.2, 0.25) is 0 Å². The van der Waals surface area contributed by atoms with Gasteiger partial charge in [-0.1, -0.05) is 31.7 Å². The third kappa shape index (κ3) is 2.54. The van der Waals surface area contributed by atoms with E-state index in [-0.39, 0.29) is 11.3 Å². The van der Waals surface area contributed by atoms with E-state index in [1.165, 1.54) is 27.7 Å². The zero-order valence-corrected chi connectivity index (χ0v) is 15.2. The number of nitrogens with zero attached hydrogens (tertiary/aromatic N) is 1. The average molecular weight is 343 g/mol. The van der Waals surface area contributed by atoms with Crippen LogP contribution in [0.3, 0.4) is 0 Å². The molecule has 0 radical (unpaired) electrons. The monoisotopic (exact) mass is 343 g/mol. The molecule has 1 amide bonds. The van der Waals surface area contributed by atoms with Crippen LogP contribution < -0.4 is 5.32 Å². The van der Waals surface area contributed by atoms with Crippen LogP contribution in [0.25, 0.3) is 10.9 Å². The molecule has 24 heavy (non-hydrogen) atoms. The standard InChI is InChI=1S/C19H25N3OS/c1-3-7-22-10-12(21-19(23)24)8-15-13-5-4-6-16-18(13)14(9-17(15)22)11(2)20-16/h4-6,12,15,17,20H,3,7-10H2,1-2H3,(H2,21,23,24)/t12-,15+,17+/m0/s1. The summed E-state index contributed by atoms with van der Waals surface area (Å²) in [7, 11) is 0. The zero-order chi connectivity index (χ0) is 16.8. The lowest BCUT2D eigenvalue weighted by molar-refractivity contribution is 0.102. The van der Waals surface area contributed by atoms with Gasteiger partial charge in [-0.2, -0.15) is 0 Å². The maximum atomic E-state index is 11.5. The van der Waals surface area contributed by atoms with Crippen LogP contribution in [0.4, 0.5) is 4.79 Å². The fourth-order valence-corrected chi connectivity index (χ4v) is 5.07. The van der Waals surface area contributed by atoms with E-state index < -0.39 is 0 Å². The minimum absolute atomic E-state index is 0.180. The van der Waals surface area contributed by atoms with Crippen LogP contribution in [-0.4, -0.2) is 40.3 Å². The summed E-state index contributed by atoms with van der Waals surface area (Å²) in [6.07, 6.45) is 3.24. The molecule has 1 aromatic heterocycles. The molecule has 0 unspecified atom stereocenters. The summed E-state index contributed by atoms with van der Waals surface area (Å²) in [6, 6.07) is 7.33. The lowest BCUT2D eigenvalue weighted by atomic mass is 9.73. The molecule has 1 aliphatic carbocycles. The number of hydrogen-bond acceptors (Lipinski definition) is 2. The number of benzene rings is 1. The van der Waals surface area contributed by atoms with Gasteiger partial charge >= 0.3 is 0 Å². The van der Waals surface area contributed by atoms with Gasteiger partial charge in [-0.05, 0) is 49.9 Å². The van der Waals surface area contributed by atoms with E-state index in [4.69, 9.17) is 0 Å². The zero-order valence-electron chi connectivity index (χ0n) is 14.3. The van der Waals surface area contributed by atoms with Crippen LogP contribution in [0.5, 0.6) is 0 Å². The molecule has 3 atom stereocenters. The number of aryl methyl sites for hydroxylation is 1. The molecule has 1 aromatic carbocycles. The summed E-state index contributed by atoms with van der Waals surface area (Å²) in [4.78, 5) is 17.6. The highest BCUT2D eigenvalue weighted by atomic mass is 32.1. The molecule has 2 heterocycles.